The molecule has 5 nitrogen and oxygen atoms in total. The van der Waals surface area contributed by atoms with Crippen LogP contribution in [0.5, 0.6) is 0 Å². The normalized spacial score (nSPS) is 22.2. The van der Waals surface area contributed by atoms with E-state index in [0.29, 0.717) is 19.8 Å². The molecule has 1 saturated heterocycles. The quantitative estimate of drug-likeness (QED) is 0.436. The van der Waals surface area contributed by atoms with Gasteiger partial charge in [-0.2, -0.15) is 5.26 Å². The van der Waals surface area contributed by atoms with E-state index in [-0.39, 0.29) is 18.4 Å². The van der Waals surface area contributed by atoms with Gasteiger partial charge >= 0.3 is 5.97 Å². The molecular weight excluding hydrogens is 172 g/mol. The summed E-state index contributed by atoms with van der Waals surface area (Å²) in [6.45, 7) is 1.52. The predicted molar refractivity (Wildman–Crippen MR) is 43.6 cm³/mol. The highest BCUT2D eigenvalue weighted by molar-refractivity contribution is 5.70. The van der Waals surface area contributed by atoms with Crippen molar-refractivity contribution in [1.82, 2.24) is 4.90 Å². The smallest absolute Gasteiger partial charge is 0.307 e. The van der Waals surface area contributed by atoms with E-state index in [1.54, 1.807) is 4.90 Å². The lowest BCUT2D eigenvalue weighted by atomic mass is 10.2. The molecule has 0 aromatic rings. The number of carbonyl (C=O) groups excluding carboxylic acids is 1. The Hall–Kier alpha value is -1.28. The van der Waals surface area contributed by atoms with Gasteiger partial charge in [0.2, 0.25) is 0 Å². The molecule has 13 heavy (non-hydrogen) atoms. The van der Waals surface area contributed by atoms with Crippen molar-refractivity contribution in [3.63, 3.8) is 0 Å². The first-order valence-corrected chi connectivity index (χ1v) is 4.09. The molecule has 72 valence electrons. The fourth-order valence-electron chi connectivity index (χ4n) is 1.23. The van der Waals surface area contributed by atoms with Gasteiger partial charge in [-0.15, -0.1) is 0 Å². The van der Waals surface area contributed by atoms with Crippen molar-refractivity contribution in [2.45, 2.75) is 12.5 Å². The summed E-state index contributed by atoms with van der Waals surface area (Å²) in [6, 6.07) is -0.161. The Bertz CT molecular complexity index is 224. The Labute approximate surface area is 76.8 Å². The maximum absolute atomic E-state index is 10.9. The van der Waals surface area contributed by atoms with Gasteiger partial charge in [0.05, 0.1) is 39.3 Å². The molecule has 1 aliphatic heterocycles. The topological polar surface area (TPSA) is 62.6 Å². The van der Waals surface area contributed by atoms with Crippen LogP contribution in [0.1, 0.15) is 6.42 Å². The summed E-state index contributed by atoms with van der Waals surface area (Å²) in [6.07, 6.45) is 2.24. The molecule has 1 heterocycles. The third-order valence-corrected chi connectivity index (χ3v) is 1.99. The maximum atomic E-state index is 10.9. The second kappa shape index (κ2) is 4.67. The number of morpholine rings is 1. The summed E-state index contributed by atoms with van der Waals surface area (Å²) < 4.78 is 9.67. The molecule has 0 aromatic heterocycles. The van der Waals surface area contributed by atoms with Crippen LogP contribution in [0.25, 0.3) is 0 Å². The van der Waals surface area contributed by atoms with E-state index in [1.807, 2.05) is 6.19 Å². The van der Waals surface area contributed by atoms with Crippen LogP contribution in [0, 0.1) is 11.5 Å². The number of hydrogen-bond donors (Lipinski definition) is 0. The first-order chi connectivity index (χ1) is 6.27. The fraction of sp³-hybridized carbons (Fsp3) is 0.750. The highest BCUT2D eigenvalue weighted by Gasteiger charge is 2.24. The number of hydrogen-bond acceptors (Lipinski definition) is 5. The molecule has 1 rings (SSSR count). The highest BCUT2D eigenvalue weighted by Crippen LogP contribution is 2.09. The lowest BCUT2D eigenvalue weighted by molar-refractivity contribution is -0.143. The van der Waals surface area contributed by atoms with Crippen molar-refractivity contribution in [1.29, 1.82) is 5.26 Å². The largest absolute Gasteiger partial charge is 0.469 e. The third kappa shape index (κ3) is 2.60. The van der Waals surface area contributed by atoms with Gasteiger partial charge in [0, 0.05) is 0 Å². The minimum atomic E-state index is -0.309. The van der Waals surface area contributed by atoms with E-state index in [1.165, 1.54) is 7.11 Å². The molecule has 0 saturated carbocycles. The molecule has 1 atom stereocenters. The van der Waals surface area contributed by atoms with E-state index in [4.69, 9.17) is 10.00 Å². The summed E-state index contributed by atoms with van der Waals surface area (Å²) in [5.41, 5.74) is 0. The van der Waals surface area contributed by atoms with E-state index < -0.39 is 0 Å². The molecule has 0 aliphatic carbocycles. The summed E-state index contributed by atoms with van der Waals surface area (Å²) in [5.74, 6) is -0.309. The van der Waals surface area contributed by atoms with E-state index in [0.717, 1.165) is 0 Å². The van der Waals surface area contributed by atoms with Gasteiger partial charge in [0.15, 0.2) is 6.19 Å². The highest BCUT2D eigenvalue weighted by atomic mass is 16.5. The second-order valence-corrected chi connectivity index (χ2v) is 2.80. The average molecular weight is 184 g/mol. The van der Waals surface area contributed by atoms with Crippen LogP contribution in [-0.4, -0.2) is 43.8 Å². The molecule has 0 radical (unpaired) electrons. The number of methoxy groups -OCH3 is 1. The van der Waals surface area contributed by atoms with Gasteiger partial charge in [-0.1, -0.05) is 0 Å². The minimum Gasteiger partial charge on any atom is -0.469 e. The zero-order chi connectivity index (χ0) is 9.68. The molecule has 0 unspecified atom stereocenters. The summed E-state index contributed by atoms with van der Waals surface area (Å²) in [5, 5.41) is 8.72. The Morgan fingerprint density at radius 1 is 1.85 bits per heavy atom. The maximum Gasteiger partial charge on any atom is 0.307 e. The third-order valence-electron chi connectivity index (χ3n) is 1.99. The van der Waals surface area contributed by atoms with Crippen molar-refractivity contribution < 1.29 is 14.3 Å². The van der Waals surface area contributed by atoms with Crippen LogP contribution in [0.15, 0.2) is 0 Å². The molecule has 1 aliphatic rings. The van der Waals surface area contributed by atoms with Gasteiger partial charge in [0.1, 0.15) is 0 Å². The van der Waals surface area contributed by atoms with Crippen molar-refractivity contribution in [3.8, 4) is 6.19 Å². The number of carbonyl (C=O) groups is 1. The Balaban J connectivity index is 2.46. The molecule has 0 aromatic carbocycles. The van der Waals surface area contributed by atoms with Crippen molar-refractivity contribution in [3.05, 3.63) is 0 Å². The fourth-order valence-corrected chi connectivity index (χ4v) is 1.23. The van der Waals surface area contributed by atoms with Crippen LogP contribution in [0.3, 0.4) is 0 Å². The average Bonchev–Trinajstić information content (AvgIpc) is 2.18. The lowest BCUT2D eigenvalue weighted by Gasteiger charge is -2.30. The standard InChI is InChI=1S/C8H12N2O3/c1-12-8(11)4-7-5-13-3-2-10(7)6-9/h7H,2-5H2,1H3/t7-/m1/s1. The molecular formula is C8H12N2O3. The Morgan fingerprint density at radius 3 is 3.23 bits per heavy atom. The summed E-state index contributed by atoms with van der Waals surface area (Å²) >= 11 is 0. The van der Waals surface area contributed by atoms with Crippen LogP contribution < -0.4 is 0 Å². The molecule has 0 bridgehead atoms. The summed E-state index contributed by atoms with van der Waals surface area (Å²) in [4.78, 5) is 12.5. The number of rotatable bonds is 2. The van der Waals surface area contributed by atoms with E-state index >= 15 is 0 Å². The second-order valence-electron chi connectivity index (χ2n) is 2.80. The Morgan fingerprint density at radius 2 is 2.62 bits per heavy atom. The van der Waals surface area contributed by atoms with Gasteiger partial charge in [-0.3, -0.25) is 4.79 Å². The van der Waals surface area contributed by atoms with Crippen LogP contribution in [0.4, 0.5) is 0 Å². The lowest BCUT2D eigenvalue weighted by Crippen LogP contribution is -2.43. The van der Waals surface area contributed by atoms with Gasteiger partial charge in [-0.25, -0.2) is 0 Å². The Kier molecular flexibility index (Phi) is 3.53. The molecule has 0 amide bonds. The van der Waals surface area contributed by atoms with Crippen LogP contribution >= 0.6 is 0 Å². The SMILES string of the molecule is COC(=O)C[C@@H]1COCCN1C#N. The zero-order valence-corrected chi connectivity index (χ0v) is 7.52. The van der Waals surface area contributed by atoms with Gasteiger partial charge in [-0.05, 0) is 0 Å². The predicted octanol–water partition coefficient (Wildman–Crippen LogP) is -0.269. The number of nitrogens with zero attached hydrogens (tertiary/aromatic N) is 2. The van der Waals surface area contributed by atoms with E-state index in [9.17, 15) is 4.79 Å². The molecule has 1 fully saturated rings. The van der Waals surface area contributed by atoms with Crippen molar-refractivity contribution in [2.24, 2.45) is 0 Å². The first-order valence-electron chi connectivity index (χ1n) is 4.09. The number of esters is 1. The monoisotopic (exact) mass is 184 g/mol. The van der Waals surface area contributed by atoms with Crippen molar-refractivity contribution >= 4 is 5.97 Å². The number of ether oxygens (including phenoxy) is 2. The molecule has 0 spiro atoms. The zero-order valence-electron chi connectivity index (χ0n) is 7.52. The first kappa shape index (κ1) is 9.81. The van der Waals surface area contributed by atoms with Crippen LogP contribution in [0.2, 0.25) is 0 Å². The van der Waals surface area contributed by atoms with Gasteiger partial charge in [0.25, 0.3) is 0 Å². The number of nitriles is 1. The molecule has 5 heteroatoms. The minimum absolute atomic E-state index is 0.161. The van der Waals surface area contributed by atoms with Crippen molar-refractivity contribution in [2.75, 3.05) is 26.9 Å². The van der Waals surface area contributed by atoms with Gasteiger partial charge < -0.3 is 14.4 Å². The van der Waals surface area contributed by atoms with Crippen LogP contribution in [-0.2, 0) is 14.3 Å². The molecule has 0 N–H and O–H groups in total. The van der Waals surface area contributed by atoms with E-state index in [2.05, 4.69) is 4.74 Å². The summed E-state index contributed by atoms with van der Waals surface area (Å²) in [7, 11) is 1.34.